The van der Waals surface area contributed by atoms with Gasteiger partial charge in [0, 0.05) is 10.8 Å². The zero-order valence-electron chi connectivity index (χ0n) is 9.17. The molecule has 17 heavy (non-hydrogen) atoms. The van der Waals surface area contributed by atoms with Crippen molar-refractivity contribution in [3.63, 3.8) is 0 Å². The van der Waals surface area contributed by atoms with E-state index >= 15 is 0 Å². The second-order valence-corrected chi connectivity index (χ2v) is 4.67. The van der Waals surface area contributed by atoms with E-state index < -0.39 is 0 Å². The molecule has 2 aromatic heterocycles. The Labute approximate surface area is 106 Å². The number of hydrogen-bond acceptors (Lipinski definition) is 7. The Balaban J connectivity index is 1.92. The lowest BCUT2D eigenvalue weighted by molar-refractivity contribution is 0.0520. The summed E-state index contributed by atoms with van der Waals surface area (Å²) in [6.07, 6.45) is 0. The van der Waals surface area contributed by atoms with Crippen molar-refractivity contribution < 1.29 is 9.53 Å². The maximum atomic E-state index is 11.4. The van der Waals surface area contributed by atoms with E-state index in [0.29, 0.717) is 24.0 Å². The Morgan fingerprint density at radius 3 is 3.12 bits per heavy atom. The van der Waals surface area contributed by atoms with Gasteiger partial charge in [-0.2, -0.15) is 0 Å². The molecule has 2 aromatic rings. The molecule has 0 aromatic carbocycles. The lowest BCUT2D eigenvalue weighted by Crippen LogP contribution is -2.05. The second-order valence-electron chi connectivity index (χ2n) is 3.09. The molecule has 5 nitrogen and oxygen atoms in total. The zero-order valence-corrected chi connectivity index (χ0v) is 10.8. The summed E-state index contributed by atoms with van der Waals surface area (Å²) in [6.45, 7) is 2.74. The summed E-state index contributed by atoms with van der Waals surface area (Å²) in [6, 6.07) is 0. The van der Waals surface area contributed by atoms with Gasteiger partial charge in [-0.3, -0.25) is 0 Å². The second kappa shape index (κ2) is 5.74. The Hall–Kier alpha value is -1.47. The van der Waals surface area contributed by atoms with Crippen LogP contribution in [0.3, 0.4) is 0 Å². The van der Waals surface area contributed by atoms with Crippen LogP contribution in [0.4, 0.5) is 5.13 Å². The Kier molecular flexibility index (Phi) is 4.05. The van der Waals surface area contributed by atoms with Crippen molar-refractivity contribution in [2.75, 3.05) is 11.9 Å². The molecule has 0 spiro atoms. The first-order valence-electron chi connectivity index (χ1n) is 5.03. The van der Waals surface area contributed by atoms with Gasteiger partial charge in [0.1, 0.15) is 0 Å². The van der Waals surface area contributed by atoms with Crippen LogP contribution in [0.5, 0.6) is 0 Å². The number of thiazole rings is 2. The van der Waals surface area contributed by atoms with Crippen molar-refractivity contribution in [2.45, 2.75) is 13.5 Å². The van der Waals surface area contributed by atoms with Crippen molar-refractivity contribution in [1.82, 2.24) is 9.97 Å². The van der Waals surface area contributed by atoms with Crippen molar-refractivity contribution in [2.24, 2.45) is 0 Å². The van der Waals surface area contributed by atoms with Gasteiger partial charge in [0.2, 0.25) is 0 Å². The van der Waals surface area contributed by atoms with Crippen molar-refractivity contribution in [3.05, 3.63) is 27.7 Å². The standard InChI is InChI=1S/C10H11N3O2S2/c1-2-15-9(14)8-5-17-10(13-8)11-3-7-4-16-6-12-7/h4-6H,2-3H2,1H3,(H,11,13). The minimum absolute atomic E-state index is 0.345. The summed E-state index contributed by atoms with van der Waals surface area (Å²) in [4.78, 5) is 19.7. The third-order valence-electron chi connectivity index (χ3n) is 1.89. The van der Waals surface area contributed by atoms with Crippen molar-refractivity contribution in [3.8, 4) is 0 Å². The van der Waals surface area contributed by atoms with Crippen LogP contribution in [0.25, 0.3) is 0 Å². The monoisotopic (exact) mass is 269 g/mol. The first kappa shape index (κ1) is 12.0. The van der Waals surface area contributed by atoms with Crippen LogP contribution in [-0.2, 0) is 11.3 Å². The van der Waals surface area contributed by atoms with Crippen LogP contribution in [0.1, 0.15) is 23.1 Å². The van der Waals surface area contributed by atoms with Gasteiger partial charge in [0.15, 0.2) is 10.8 Å². The topological polar surface area (TPSA) is 64.1 Å². The van der Waals surface area contributed by atoms with E-state index in [1.165, 1.54) is 11.3 Å². The average molecular weight is 269 g/mol. The summed E-state index contributed by atoms with van der Waals surface area (Å²) >= 11 is 2.93. The van der Waals surface area contributed by atoms with E-state index in [9.17, 15) is 4.79 Å². The third-order valence-corrected chi connectivity index (χ3v) is 3.33. The molecule has 2 rings (SSSR count). The number of aromatic nitrogens is 2. The highest BCUT2D eigenvalue weighted by molar-refractivity contribution is 7.13. The van der Waals surface area contributed by atoms with E-state index in [0.717, 1.165) is 5.69 Å². The largest absolute Gasteiger partial charge is 0.461 e. The predicted molar refractivity (Wildman–Crippen MR) is 67.5 cm³/mol. The SMILES string of the molecule is CCOC(=O)c1csc(NCc2cscn2)n1. The maximum absolute atomic E-state index is 11.4. The van der Waals surface area contributed by atoms with Gasteiger partial charge in [0.25, 0.3) is 0 Å². The third kappa shape index (κ3) is 3.24. The number of carbonyl (C=O) groups is 1. The molecule has 2 heterocycles. The fourth-order valence-corrected chi connectivity index (χ4v) is 2.38. The van der Waals surface area contributed by atoms with Gasteiger partial charge < -0.3 is 10.1 Å². The minimum atomic E-state index is -0.384. The number of hydrogen-bond donors (Lipinski definition) is 1. The minimum Gasteiger partial charge on any atom is -0.461 e. The number of nitrogens with zero attached hydrogens (tertiary/aromatic N) is 2. The first-order chi connectivity index (χ1) is 8.29. The zero-order chi connectivity index (χ0) is 12.1. The molecule has 0 aliphatic carbocycles. The molecular weight excluding hydrogens is 258 g/mol. The molecule has 0 aliphatic heterocycles. The smallest absolute Gasteiger partial charge is 0.357 e. The lowest BCUT2D eigenvalue weighted by atomic mass is 10.5. The van der Waals surface area contributed by atoms with Gasteiger partial charge in [-0.25, -0.2) is 14.8 Å². The first-order valence-corrected chi connectivity index (χ1v) is 6.85. The van der Waals surface area contributed by atoms with Crippen molar-refractivity contribution >= 4 is 33.8 Å². The number of ether oxygens (including phenoxy) is 1. The van der Waals surface area contributed by atoms with E-state index in [1.54, 1.807) is 29.2 Å². The molecule has 0 amide bonds. The molecule has 7 heteroatoms. The van der Waals surface area contributed by atoms with Crippen LogP contribution < -0.4 is 5.32 Å². The summed E-state index contributed by atoms with van der Waals surface area (Å²) in [7, 11) is 0. The number of rotatable bonds is 5. The van der Waals surface area contributed by atoms with Crippen molar-refractivity contribution in [1.29, 1.82) is 0 Å². The molecule has 0 aliphatic rings. The number of nitrogens with one attached hydrogen (secondary N) is 1. The molecule has 90 valence electrons. The molecular formula is C10H11N3O2S2. The average Bonchev–Trinajstić information content (AvgIpc) is 2.98. The quantitative estimate of drug-likeness (QED) is 0.844. The molecule has 0 fully saturated rings. The van der Waals surface area contributed by atoms with Gasteiger partial charge in [-0.15, -0.1) is 22.7 Å². The summed E-state index contributed by atoms with van der Waals surface area (Å²) in [5, 5.41) is 7.45. The highest BCUT2D eigenvalue weighted by Gasteiger charge is 2.11. The molecule has 0 radical (unpaired) electrons. The molecule has 0 unspecified atom stereocenters. The predicted octanol–water partition coefficient (Wildman–Crippen LogP) is 2.39. The molecule has 1 N–H and O–H groups in total. The molecule has 0 saturated heterocycles. The normalized spacial score (nSPS) is 10.2. The molecule has 0 bridgehead atoms. The highest BCUT2D eigenvalue weighted by atomic mass is 32.1. The van der Waals surface area contributed by atoms with Crippen LogP contribution >= 0.6 is 22.7 Å². The van der Waals surface area contributed by atoms with Gasteiger partial charge in [-0.1, -0.05) is 0 Å². The number of esters is 1. The lowest BCUT2D eigenvalue weighted by Gasteiger charge is -1.98. The number of carbonyl (C=O) groups excluding carboxylic acids is 1. The van der Waals surface area contributed by atoms with E-state index in [1.807, 2.05) is 5.38 Å². The summed E-state index contributed by atoms with van der Waals surface area (Å²) in [5.74, 6) is -0.384. The van der Waals surface area contributed by atoms with Crippen LogP contribution in [-0.4, -0.2) is 22.5 Å². The van der Waals surface area contributed by atoms with Crippen LogP contribution in [0.2, 0.25) is 0 Å². The van der Waals surface area contributed by atoms with Gasteiger partial charge >= 0.3 is 5.97 Å². The fraction of sp³-hybridized carbons (Fsp3) is 0.300. The van der Waals surface area contributed by atoms with E-state index in [2.05, 4.69) is 15.3 Å². The summed E-state index contributed by atoms with van der Waals surface area (Å²) in [5.41, 5.74) is 3.09. The highest BCUT2D eigenvalue weighted by Crippen LogP contribution is 2.17. The fourth-order valence-electron chi connectivity index (χ4n) is 1.14. The van der Waals surface area contributed by atoms with Crippen LogP contribution in [0.15, 0.2) is 16.3 Å². The number of anilines is 1. The molecule has 0 atom stereocenters. The Bertz CT molecular complexity index is 481. The maximum Gasteiger partial charge on any atom is 0.357 e. The summed E-state index contributed by atoms with van der Waals surface area (Å²) < 4.78 is 4.86. The molecule has 0 saturated carbocycles. The van der Waals surface area contributed by atoms with Gasteiger partial charge in [0.05, 0.1) is 24.4 Å². The van der Waals surface area contributed by atoms with Gasteiger partial charge in [-0.05, 0) is 6.92 Å². The Morgan fingerprint density at radius 1 is 1.53 bits per heavy atom. The van der Waals surface area contributed by atoms with E-state index in [-0.39, 0.29) is 5.97 Å². The van der Waals surface area contributed by atoms with Crippen LogP contribution in [0, 0.1) is 0 Å². The Morgan fingerprint density at radius 2 is 2.41 bits per heavy atom. The van der Waals surface area contributed by atoms with E-state index in [4.69, 9.17) is 4.74 Å².